The van der Waals surface area contributed by atoms with E-state index in [4.69, 9.17) is 10.5 Å². The zero-order valence-corrected chi connectivity index (χ0v) is 10.9. The minimum Gasteiger partial charge on any atom is -0.381 e. The van der Waals surface area contributed by atoms with Crippen molar-refractivity contribution < 1.29 is 9.53 Å². The number of nitrogens with two attached hydrogens (primary N) is 1. The maximum Gasteiger partial charge on any atom is 0.234 e. The van der Waals surface area contributed by atoms with E-state index in [2.05, 4.69) is 5.32 Å². The first-order valence-electron chi connectivity index (χ1n) is 6.39. The molecular formula is C12H25N3O2. The summed E-state index contributed by atoms with van der Waals surface area (Å²) < 4.78 is 5.25. The van der Waals surface area contributed by atoms with Gasteiger partial charge in [-0.3, -0.25) is 9.69 Å². The third-order valence-electron chi connectivity index (χ3n) is 2.97. The fourth-order valence-corrected chi connectivity index (χ4v) is 1.86. The van der Waals surface area contributed by atoms with E-state index < -0.39 is 0 Å². The number of nitrogens with zero attached hydrogens (tertiary/aromatic N) is 1. The molecule has 100 valence electrons. The van der Waals surface area contributed by atoms with Crippen molar-refractivity contribution in [3.63, 3.8) is 0 Å². The number of carbonyl (C=O) groups excluding carboxylic acids is 1. The number of amides is 1. The summed E-state index contributed by atoms with van der Waals surface area (Å²) in [5.74, 6) is 0.101. The topological polar surface area (TPSA) is 67.6 Å². The van der Waals surface area contributed by atoms with Crippen molar-refractivity contribution in [2.45, 2.75) is 38.3 Å². The van der Waals surface area contributed by atoms with E-state index in [0.29, 0.717) is 6.54 Å². The summed E-state index contributed by atoms with van der Waals surface area (Å²) in [4.78, 5) is 13.8. The monoisotopic (exact) mass is 243 g/mol. The normalized spacial score (nSPS) is 19.3. The maximum absolute atomic E-state index is 11.7. The summed E-state index contributed by atoms with van der Waals surface area (Å²) in [5, 5.41) is 3.05. The molecule has 0 aromatic carbocycles. The molecule has 0 saturated carbocycles. The largest absolute Gasteiger partial charge is 0.381 e. The van der Waals surface area contributed by atoms with Crippen LogP contribution >= 0.6 is 0 Å². The minimum atomic E-state index is 0.101. The third kappa shape index (κ3) is 6.61. The lowest BCUT2D eigenvalue weighted by Gasteiger charge is -2.24. The quantitative estimate of drug-likeness (QED) is 0.686. The molecule has 1 aliphatic rings. The number of nitrogens with one attached hydrogen (secondary N) is 1. The Morgan fingerprint density at radius 1 is 1.53 bits per heavy atom. The lowest BCUT2D eigenvalue weighted by Crippen LogP contribution is -2.43. The Morgan fingerprint density at radius 2 is 2.18 bits per heavy atom. The van der Waals surface area contributed by atoms with Gasteiger partial charge < -0.3 is 15.8 Å². The van der Waals surface area contributed by atoms with E-state index in [1.165, 1.54) is 0 Å². The molecule has 5 heteroatoms. The number of likely N-dealkylation sites (N-methyl/N-ethyl adjacent to an activating group) is 1. The van der Waals surface area contributed by atoms with Crippen molar-refractivity contribution in [1.29, 1.82) is 0 Å². The van der Waals surface area contributed by atoms with Gasteiger partial charge in [-0.05, 0) is 39.8 Å². The smallest absolute Gasteiger partial charge is 0.234 e. The summed E-state index contributed by atoms with van der Waals surface area (Å²) in [6, 6.07) is 0.481. The molecular weight excluding hydrogens is 218 g/mol. The van der Waals surface area contributed by atoms with Gasteiger partial charge in [0.2, 0.25) is 5.91 Å². The second-order valence-electron chi connectivity index (χ2n) is 4.96. The highest BCUT2D eigenvalue weighted by Gasteiger charge is 2.16. The van der Waals surface area contributed by atoms with Gasteiger partial charge in [0, 0.05) is 25.3 Å². The molecule has 0 aliphatic carbocycles. The standard InChI is InChI=1S/C12H25N3O2/c1-10(13)3-6-15(2)9-12(16)14-11-4-7-17-8-5-11/h10-11H,3-9,13H2,1-2H3,(H,14,16). The molecule has 1 saturated heterocycles. The van der Waals surface area contributed by atoms with Gasteiger partial charge in [0.05, 0.1) is 6.54 Å². The lowest BCUT2D eigenvalue weighted by molar-refractivity contribution is -0.123. The summed E-state index contributed by atoms with van der Waals surface area (Å²) >= 11 is 0. The molecule has 1 aliphatic heterocycles. The SMILES string of the molecule is CC(N)CCN(C)CC(=O)NC1CCOCC1. The van der Waals surface area contributed by atoms with Crippen molar-refractivity contribution in [3.05, 3.63) is 0 Å². The van der Waals surface area contributed by atoms with Crippen LogP contribution in [0.15, 0.2) is 0 Å². The van der Waals surface area contributed by atoms with Gasteiger partial charge in [0.1, 0.15) is 0 Å². The van der Waals surface area contributed by atoms with E-state index in [0.717, 1.165) is 39.0 Å². The Hall–Kier alpha value is -0.650. The van der Waals surface area contributed by atoms with Crippen LogP contribution in [-0.2, 0) is 9.53 Å². The van der Waals surface area contributed by atoms with Gasteiger partial charge in [-0.2, -0.15) is 0 Å². The molecule has 0 spiro atoms. The van der Waals surface area contributed by atoms with Crippen LogP contribution in [0.3, 0.4) is 0 Å². The Kier molecular flexibility index (Phi) is 6.47. The molecule has 1 amide bonds. The molecule has 0 aromatic rings. The fraction of sp³-hybridized carbons (Fsp3) is 0.917. The third-order valence-corrected chi connectivity index (χ3v) is 2.97. The molecule has 1 heterocycles. The first kappa shape index (κ1) is 14.4. The van der Waals surface area contributed by atoms with Gasteiger partial charge in [-0.1, -0.05) is 0 Å². The number of carbonyl (C=O) groups is 1. The predicted molar refractivity (Wildman–Crippen MR) is 67.7 cm³/mol. The van der Waals surface area contributed by atoms with Crippen LogP contribution in [0.2, 0.25) is 0 Å². The van der Waals surface area contributed by atoms with Gasteiger partial charge in [0.15, 0.2) is 0 Å². The molecule has 1 fully saturated rings. The van der Waals surface area contributed by atoms with Gasteiger partial charge in [0.25, 0.3) is 0 Å². The Bertz CT molecular complexity index is 228. The molecule has 0 aromatic heterocycles. The number of ether oxygens (including phenoxy) is 1. The molecule has 5 nitrogen and oxygen atoms in total. The van der Waals surface area contributed by atoms with E-state index in [1.807, 2.05) is 18.9 Å². The highest BCUT2D eigenvalue weighted by Crippen LogP contribution is 2.05. The first-order chi connectivity index (χ1) is 8.08. The van der Waals surface area contributed by atoms with E-state index in [9.17, 15) is 4.79 Å². The van der Waals surface area contributed by atoms with E-state index in [1.54, 1.807) is 0 Å². The van der Waals surface area contributed by atoms with Gasteiger partial charge >= 0.3 is 0 Å². The summed E-state index contributed by atoms with van der Waals surface area (Å²) in [6.07, 6.45) is 2.77. The maximum atomic E-state index is 11.7. The van der Waals surface area contributed by atoms with Crippen LogP contribution < -0.4 is 11.1 Å². The Labute approximate surface area is 104 Å². The van der Waals surface area contributed by atoms with E-state index in [-0.39, 0.29) is 18.0 Å². The highest BCUT2D eigenvalue weighted by atomic mass is 16.5. The minimum absolute atomic E-state index is 0.101. The van der Waals surface area contributed by atoms with Crippen LogP contribution in [-0.4, -0.2) is 56.2 Å². The number of rotatable bonds is 6. The van der Waals surface area contributed by atoms with Crippen LogP contribution in [0, 0.1) is 0 Å². The zero-order chi connectivity index (χ0) is 12.7. The van der Waals surface area contributed by atoms with Crippen LogP contribution in [0.1, 0.15) is 26.2 Å². The lowest BCUT2D eigenvalue weighted by atomic mass is 10.1. The molecule has 0 bridgehead atoms. The van der Waals surface area contributed by atoms with Crippen molar-refractivity contribution in [2.24, 2.45) is 5.73 Å². The Morgan fingerprint density at radius 3 is 2.76 bits per heavy atom. The summed E-state index contributed by atoms with van der Waals surface area (Å²) in [6.45, 7) is 4.80. The second kappa shape index (κ2) is 7.63. The zero-order valence-electron chi connectivity index (χ0n) is 10.9. The fourth-order valence-electron chi connectivity index (χ4n) is 1.86. The van der Waals surface area contributed by atoms with Crippen molar-refractivity contribution in [1.82, 2.24) is 10.2 Å². The molecule has 17 heavy (non-hydrogen) atoms. The first-order valence-corrected chi connectivity index (χ1v) is 6.39. The van der Waals surface area contributed by atoms with Gasteiger partial charge in [-0.15, -0.1) is 0 Å². The number of hydrogen-bond donors (Lipinski definition) is 2. The van der Waals surface area contributed by atoms with Crippen LogP contribution in [0.4, 0.5) is 0 Å². The van der Waals surface area contributed by atoms with Crippen LogP contribution in [0.25, 0.3) is 0 Å². The average molecular weight is 243 g/mol. The van der Waals surface area contributed by atoms with Crippen molar-refractivity contribution in [3.8, 4) is 0 Å². The molecule has 1 unspecified atom stereocenters. The predicted octanol–water partition coefficient (Wildman–Crippen LogP) is -0.0493. The summed E-state index contributed by atoms with van der Waals surface area (Å²) in [5.41, 5.74) is 5.68. The van der Waals surface area contributed by atoms with Gasteiger partial charge in [-0.25, -0.2) is 0 Å². The van der Waals surface area contributed by atoms with Crippen LogP contribution in [0.5, 0.6) is 0 Å². The van der Waals surface area contributed by atoms with Crippen molar-refractivity contribution >= 4 is 5.91 Å². The molecule has 1 atom stereocenters. The average Bonchev–Trinajstić information content (AvgIpc) is 2.27. The number of hydrogen-bond acceptors (Lipinski definition) is 4. The highest BCUT2D eigenvalue weighted by molar-refractivity contribution is 5.78. The second-order valence-corrected chi connectivity index (χ2v) is 4.96. The molecule has 3 N–H and O–H groups in total. The Balaban J connectivity index is 2.14. The summed E-state index contributed by atoms with van der Waals surface area (Å²) in [7, 11) is 1.95. The molecule has 1 rings (SSSR count). The van der Waals surface area contributed by atoms with Crippen molar-refractivity contribution in [2.75, 3.05) is 33.4 Å². The molecule has 0 radical (unpaired) electrons. The van der Waals surface area contributed by atoms with E-state index >= 15 is 0 Å².